The fourth-order valence-electron chi connectivity index (χ4n) is 1.28. The van der Waals surface area contributed by atoms with Gasteiger partial charge in [-0.15, -0.1) is 0 Å². The van der Waals surface area contributed by atoms with Gasteiger partial charge >= 0.3 is 5.97 Å². The van der Waals surface area contributed by atoms with Crippen LogP contribution in [-0.4, -0.2) is 23.0 Å². The molecule has 16 heavy (non-hydrogen) atoms. The molecule has 1 atom stereocenters. The molecule has 0 fully saturated rings. The van der Waals surface area contributed by atoms with Gasteiger partial charge in [-0.3, -0.25) is 4.79 Å². The highest BCUT2D eigenvalue weighted by Gasteiger charge is 2.19. The lowest BCUT2D eigenvalue weighted by Gasteiger charge is -2.13. The van der Waals surface area contributed by atoms with Gasteiger partial charge in [0.1, 0.15) is 6.04 Å². The number of anilines is 1. The van der Waals surface area contributed by atoms with Crippen molar-refractivity contribution in [2.75, 3.05) is 5.73 Å². The zero-order valence-electron chi connectivity index (χ0n) is 8.93. The van der Waals surface area contributed by atoms with Gasteiger partial charge in [0.2, 0.25) is 0 Å². The van der Waals surface area contributed by atoms with Gasteiger partial charge in [-0.1, -0.05) is 19.1 Å². The summed E-state index contributed by atoms with van der Waals surface area (Å²) in [7, 11) is 0. The molecule has 0 saturated carbocycles. The number of carbonyl (C=O) groups is 2. The number of hydrogen-bond donors (Lipinski definition) is 3. The van der Waals surface area contributed by atoms with Crippen molar-refractivity contribution in [2.45, 2.75) is 19.4 Å². The summed E-state index contributed by atoms with van der Waals surface area (Å²) in [4.78, 5) is 22.4. The van der Waals surface area contributed by atoms with E-state index in [9.17, 15) is 9.59 Å². The third-order valence-corrected chi connectivity index (χ3v) is 2.22. The van der Waals surface area contributed by atoms with Gasteiger partial charge in [0.25, 0.3) is 5.91 Å². The van der Waals surface area contributed by atoms with E-state index >= 15 is 0 Å². The molecular formula is C11H14N2O3. The molecule has 0 unspecified atom stereocenters. The summed E-state index contributed by atoms with van der Waals surface area (Å²) in [6.45, 7) is 1.69. The Labute approximate surface area is 93.3 Å². The van der Waals surface area contributed by atoms with Crippen molar-refractivity contribution in [3.63, 3.8) is 0 Å². The van der Waals surface area contributed by atoms with Crippen molar-refractivity contribution in [1.29, 1.82) is 0 Å². The van der Waals surface area contributed by atoms with Crippen LogP contribution in [0, 0.1) is 0 Å². The smallest absolute Gasteiger partial charge is 0.326 e. The quantitative estimate of drug-likeness (QED) is 0.659. The molecule has 0 saturated heterocycles. The molecule has 0 bridgehead atoms. The second-order valence-corrected chi connectivity index (χ2v) is 3.36. The summed E-state index contributed by atoms with van der Waals surface area (Å²) in [6.07, 6.45) is 0.327. The Morgan fingerprint density at radius 3 is 2.56 bits per heavy atom. The van der Waals surface area contributed by atoms with Crippen molar-refractivity contribution in [2.24, 2.45) is 0 Å². The Balaban J connectivity index is 2.80. The van der Waals surface area contributed by atoms with E-state index in [-0.39, 0.29) is 0 Å². The zero-order chi connectivity index (χ0) is 12.1. The molecule has 0 aliphatic heterocycles. The highest BCUT2D eigenvalue weighted by molar-refractivity contribution is 6.00. The molecule has 1 rings (SSSR count). The lowest BCUT2D eigenvalue weighted by molar-refractivity contribution is -0.139. The molecule has 1 aromatic rings. The van der Waals surface area contributed by atoms with Crippen LogP contribution >= 0.6 is 0 Å². The minimum absolute atomic E-state index is 0.294. The van der Waals surface area contributed by atoms with Crippen molar-refractivity contribution in [3.8, 4) is 0 Å². The van der Waals surface area contributed by atoms with Crippen LogP contribution < -0.4 is 11.1 Å². The molecule has 0 radical (unpaired) electrons. The summed E-state index contributed by atoms with van der Waals surface area (Å²) in [5.41, 5.74) is 6.23. The van der Waals surface area contributed by atoms with Crippen LogP contribution in [0.3, 0.4) is 0 Å². The van der Waals surface area contributed by atoms with Gasteiger partial charge in [-0.25, -0.2) is 4.79 Å². The largest absolute Gasteiger partial charge is 0.480 e. The number of nitrogens with one attached hydrogen (secondary N) is 1. The summed E-state index contributed by atoms with van der Waals surface area (Å²) in [5.74, 6) is -1.52. The zero-order valence-corrected chi connectivity index (χ0v) is 8.93. The molecular weight excluding hydrogens is 208 g/mol. The third kappa shape index (κ3) is 2.73. The van der Waals surface area contributed by atoms with Gasteiger partial charge < -0.3 is 16.2 Å². The predicted molar refractivity (Wildman–Crippen MR) is 60.0 cm³/mol. The van der Waals surface area contributed by atoms with Crippen molar-refractivity contribution in [1.82, 2.24) is 5.32 Å². The number of rotatable bonds is 4. The Morgan fingerprint density at radius 2 is 2.06 bits per heavy atom. The molecule has 4 N–H and O–H groups in total. The summed E-state index contributed by atoms with van der Waals surface area (Å²) >= 11 is 0. The van der Waals surface area contributed by atoms with E-state index in [0.29, 0.717) is 17.7 Å². The van der Waals surface area contributed by atoms with Crippen LogP contribution in [0.5, 0.6) is 0 Å². The number of benzene rings is 1. The molecule has 1 aromatic carbocycles. The standard InChI is InChI=1S/C11H14N2O3/c1-2-9(11(15)16)13-10(14)7-5-3-4-6-8(7)12/h3-6,9H,2,12H2,1H3,(H,13,14)(H,15,16)/t9-/m1/s1. The maximum Gasteiger partial charge on any atom is 0.326 e. The maximum atomic E-state index is 11.7. The van der Waals surface area contributed by atoms with Gasteiger partial charge in [0.05, 0.1) is 5.56 Å². The van der Waals surface area contributed by atoms with E-state index in [4.69, 9.17) is 10.8 Å². The van der Waals surface area contributed by atoms with E-state index in [1.165, 1.54) is 0 Å². The number of carboxylic acids is 1. The van der Waals surface area contributed by atoms with E-state index < -0.39 is 17.9 Å². The lowest BCUT2D eigenvalue weighted by atomic mass is 10.1. The number of carbonyl (C=O) groups excluding carboxylic acids is 1. The molecule has 0 heterocycles. The molecule has 0 aromatic heterocycles. The molecule has 0 aliphatic carbocycles. The van der Waals surface area contributed by atoms with Gasteiger partial charge in [-0.05, 0) is 18.6 Å². The van der Waals surface area contributed by atoms with Crippen LogP contribution in [-0.2, 0) is 4.79 Å². The highest BCUT2D eigenvalue weighted by Crippen LogP contribution is 2.10. The third-order valence-electron chi connectivity index (χ3n) is 2.22. The second kappa shape index (κ2) is 5.16. The predicted octanol–water partition coefficient (Wildman–Crippen LogP) is 0.862. The first-order valence-corrected chi connectivity index (χ1v) is 4.94. The first kappa shape index (κ1) is 12.0. The number of nitrogen functional groups attached to an aromatic ring is 1. The van der Waals surface area contributed by atoms with E-state index in [1.807, 2.05) is 0 Å². The first-order valence-electron chi connectivity index (χ1n) is 4.94. The van der Waals surface area contributed by atoms with E-state index in [1.54, 1.807) is 31.2 Å². The average molecular weight is 222 g/mol. The van der Waals surface area contributed by atoms with Crippen LogP contribution in [0.25, 0.3) is 0 Å². The second-order valence-electron chi connectivity index (χ2n) is 3.36. The van der Waals surface area contributed by atoms with Crippen LogP contribution in [0.2, 0.25) is 0 Å². The van der Waals surface area contributed by atoms with E-state index in [2.05, 4.69) is 5.32 Å². The molecule has 0 spiro atoms. The molecule has 5 nitrogen and oxygen atoms in total. The Morgan fingerprint density at radius 1 is 1.44 bits per heavy atom. The number of para-hydroxylation sites is 1. The number of carboxylic acid groups (broad SMARTS) is 1. The van der Waals surface area contributed by atoms with Crippen molar-refractivity contribution >= 4 is 17.6 Å². The summed E-state index contributed by atoms with van der Waals surface area (Å²) < 4.78 is 0. The summed E-state index contributed by atoms with van der Waals surface area (Å²) in [6, 6.07) is 5.65. The number of amides is 1. The highest BCUT2D eigenvalue weighted by atomic mass is 16.4. The van der Waals surface area contributed by atoms with Crippen LogP contribution in [0.4, 0.5) is 5.69 Å². The normalized spacial score (nSPS) is 11.8. The van der Waals surface area contributed by atoms with E-state index in [0.717, 1.165) is 0 Å². The number of hydrogen-bond acceptors (Lipinski definition) is 3. The number of nitrogens with two attached hydrogens (primary N) is 1. The lowest BCUT2D eigenvalue weighted by Crippen LogP contribution is -2.40. The Bertz CT molecular complexity index is 404. The number of aliphatic carboxylic acids is 1. The monoisotopic (exact) mass is 222 g/mol. The Kier molecular flexibility index (Phi) is 3.88. The van der Waals surface area contributed by atoms with Crippen molar-refractivity contribution < 1.29 is 14.7 Å². The minimum atomic E-state index is -1.05. The molecule has 5 heteroatoms. The van der Waals surface area contributed by atoms with Gasteiger partial charge in [-0.2, -0.15) is 0 Å². The molecule has 86 valence electrons. The maximum absolute atomic E-state index is 11.7. The molecule has 1 amide bonds. The van der Waals surface area contributed by atoms with Crippen molar-refractivity contribution in [3.05, 3.63) is 29.8 Å². The average Bonchev–Trinajstić information content (AvgIpc) is 2.25. The topological polar surface area (TPSA) is 92.4 Å². The molecule has 0 aliphatic rings. The van der Waals surface area contributed by atoms with Crippen LogP contribution in [0.1, 0.15) is 23.7 Å². The Hall–Kier alpha value is -2.04. The first-order chi connectivity index (χ1) is 7.56. The van der Waals surface area contributed by atoms with Gasteiger partial charge in [0, 0.05) is 5.69 Å². The SMILES string of the molecule is CC[C@@H](NC(=O)c1ccccc1N)C(=O)O. The van der Waals surface area contributed by atoms with Crippen LogP contribution in [0.15, 0.2) is 24.3 Å². The fraction of sp³-hybridized carbons (Fsp3) is 0.273. The fourth-order valence-corrected chi connectivity index (χ4v) is 1.28. The summed E-state index contributed by atoms with van der Waals surface area (Å²) in [5, 5.41) is 11.2. The van der Waals surface area contributed by atoms with Gasteiger partial charge in [0.15, 0.2) is 0 Å². The minimum Gasteiger partial charge on any atom is -0.480 e.